The van der Waals surface area contributed by atoms with Crippen molar-refractivity contribution in [2.45, 2.75) is 71.0 Å². The molecule has 1 aliphatic rings. The third-order valence-corrected chi connectivity index (χ3v) is 3.44. The summed E-state index contributed by atoms with van der Waals surface area (Å²) in [6.45, 7) is 6.32. The van der Waals surface area contributed by atoms with E-state index in [1.165, 1.54) is 6.42 Å². The summed E-state index contributed by atoms with van der Waals surface area (Å²) in [4.78, 5) is 14.1. The Balaban J connectivity index is 2.55. The Hall–Kier alpha value is -0.570. The molecule has 0 aromatic rings. The van der Waals surface area contributed by atoms with Gasteiger partial charge in [-0.15, -0.1) is 0 Å². The van der Waals surface area contributed by atoms with Gasteiger partial charge in [0.25, 0.3) is 0 Å². The second-order valence-electron chi connectivity index (χ2n) is 4.80. The lowest BCUT2D eigenvalue weighted by Gasteiger charge is -2.39. The van der Waals surface area contributed by atoms with Gasteiger partial charge in [-0.3, -0.25) is 4.79 Å². The molecule has 0 aromatic heterocycles. The number of rotatable bonds is 3. The van der Waals surface area contributed by atoms with E-state index in [-0.39, 0.29) is 11.9 Å². The summed E-state index contributed by atoms with van der Waals surface area (Å²) in [5.74, 6) is 0.240. The zero-order valence-electron chi connectivity index (χ0n) is 10.2. The molecule has 0 saturated carbocycles. The Kier molecular flexibility index (Phi) is 4.58. The van der Waals surface area contributed by atoms with E-state index in [0.717, 1.165) is 19.3 Å². The van der Waals surface area contributed by atoms with Gasteiger partial charge in [0.2, 0.25) is 5.91 Å². The Labute approximate surface area is 93.0 Å². The van der Waals surface area contributed by atoms with Crippen LogP contribution in [-0.2, 0) is 4.79 Å². The van der Waals surface area contributed by atoms with Crippen LogP contribution in [0.2, 0.25) is 0 Å². The molecule has 2 N–H and O–H groups in total. The van der Waals surface area contributed by atoms with E-state index in [1.807, 2.05) is 11.8 Å². The summed E-state index contributed by atoms with van der Waals surface area (Å²) in [6, 6.07) is 0.814. The lowest BCUT2D eigenvalue weighted by molar-refractivity contribution is -0.137. The minimum Gasteiger partial charge on any atom is -0.337 e. The lowest BCUT2D eigenvalue weighted by Crippen LogP contribution is -2.48. The maximum absolute atomic E-state index is 12.0. The molecule has 1 unspecified atom stereocenters. The van der Waals surface area contributed by atoms with Gasteiger partial charge in [0.1, 0.15) is 0 Å². The molecule has 1 saturated heterocycles. The molecule has 1 fully saturated rings. The monoisotopic (exact) mass is 212 g/mol. The van der Waals surface area contributed by atoms with Gasteiger partial charge in [-0.1, -0.05) is 6.92 Å². The molecule has 0 radical (unpaired) electrons. The standard InChI is InChI=1S/C12H24N2O/c1-4-11(13)8-12(15)14-9(2)6-5-7-10(14)3/h9-11H,4-8,13H2,1-3H3/t9-,10+,11?. The average Bonchev–Trinajstić information content (AvgIpc) is 2.17. The first-order valence-electron chi connectivity index (χ1n) is 6.13. The lowest BCUT2D eigenvalue weighted by atomic mass is 9.96. The van der Waals surface area contributed by atoms with Crippen LogP contribution in [0.4, 0.5) is 0 Å². The number of nitrogens with two attached hydrogens (primary N) is 1. The molecule has 1 amide bonds. The molecule has 15 heavy (non-hydrogen) atoms. The maximum atomic E-state index is 12.0. The van der Waals surface area contributed by atoms with Crippen molar-refractivity contribution in [3.05, 3.63) is 0 Å². The molecule has 3 heteroatoms. The first-order valence-corrected chi connectivity index (χ1v) is 6.13. The molecule has 88 valence electrons. The van der Waals surface area contributed by atoms with Gasteiger partial charge in [-0.2, -0.15) is 0 Å². The topological polar surface area (TPSA) is 46.3 Å². The van der Waals surface area contributed by atoms with E-state index in [4.69, 9.17) is 5.73 Å². The van der Waals surface area contributed by atoms with Crippen LogP contribution in [-0.4, -0.2) is 28.9 Å². The Morgan fingerprint density at radius 2 is 1.93 bits per heavy atom. The highest BCUT2D eigenvalue weighted by Crippen LogP contribution is 2.23. The Morgan fingerprint density at radius 1 is 1.40 bits per heavy atom. The van der Waals surface area contributed by atoms with Crippen molar-refractivity contribution in [2.24, 2.45) is 5.73 Å². The van der Waals surface area contributed by atoms with Crippen molar-refractivity contribution in [2.75, 3.05) is 0 Å². The van der Waals surface area contributed by atoms with Crippen molar-refractivity contribution >= 4 is 5.91 Å². The van der Waals surface area contributed by atoms with Gasteiger partial charge in [-0.05, 0) is 39.5 Å². The normalized spacial score (nSPS) is 28.9. The van der Waals surface area contributed by atoms with Gasteiger partial charge < -0.3 is 10.6 Å². The van der Waals surface area contributed by atoms with Crippen LogP contribution in [0.1, 0.15) is 52.9 Å². The number of amides is 1. The summed E-state index contributed by atoms with van der Waals surface area (Å²) in [5, 5.41) is 0. The van der Waals surface area contributed by atoms with Crippen molar-refractivity contribution in [3.8, 4) is 0 Å². The van der Waals surface area contributed by atoms with Gasteiger partial charge in [0, 0.05) is 24.5 Å². The van der Waals surface area contributed by atoms with E-state index in [0.29, 0.717) is 18.5 Å². The second-order valence-corrected chi connectivity index (χ2v) is 4.80. The molecule has 0 aliphatic carbocycles. The molecular formula is C12H24N2O. The largest absolute Gasteiger partial charge is 0.337 e. The van der Waals surface area contributed by atoms with E-state index in [1.54, 1.807) is 0 Å². The first-order chi connectivity index (χ1) is 7.06. The Morgan fingerprint density at radius 3 is 2.40 bits per heavy atom. The van der Waals surface area contributed by atoms with Gasteiger partial charge in [-0.25, -0.2) is 0 Å². The van der Waals surface area contributed by atoms with Crippen molar-refractivity contribution in [1.82, 2.24) is 4.90 Å². The summed E-state index contributed by atoms with van der Waals surface area (Å²) < 4.78 is 0. The minimum absolute atomic E-state index is 0.0267. The van der Waals surface area contributed by atoms with Crippen LogP contribution < -0.4 is 5.73 Å². The van der Waals surface area contributed by atoms with E-state index >= 15 is 0 Å². The number of carbonyl (C=O) groups is 1. The van der Waals surface area contributed by atoms with Crippen molar-refractivity contribution < 1.29 is 4.79 Å². The van der Waals surface area contributed by atoms with Crippen LogP contribution in [0.15, 0.2) is 0 Å². The summed E-state index contributed by atoms with van der Waals surface area (Å²) >= 11 is 0. The van der Waals surface area contributed by atoms with Gasteiger partial charge in [0.05, 0.1) is 0 Å². The summed E-state index contributed by atoms with van der Waals surface area (Å²) in [6.07, 6.45) is 4.90. The fraction of sp³-hybridized carbons (Fsp3) is 0.917. The van der Waals surface area contributed by atoms with Gasteiger partial charge in [0.15, 0.2) is 0 Å². The molecule has 1 aliphatic heterocycles. The average molecular weight is 212 g/mol. The fourth-order valence-electron chi connectivity index (χ4n) is 2.39. The predicted octanol–water partition coefficient (Wildman–Crippen LogP) is 1.90. The van der Waals surface area contributed by atoms with E-state index in [2.05, 4.69) is 13.8 Å². The highest BCUT2D eigenvalue weighted by atomic mass is 16.2. The summed E-state index contributed by atoms with van der Waals surface area (Å²) in [7, 11) is 0. The number of piperidine rings is 1. The SMILES string of the molecule is CCC(N)CC(=O)N1[C@H](C)CCC[C@@H]1C. The molecule has 0 bridgehead atoms. The molecular weight excluding hydrogens is 188 g/mol. The highest BCUT2D eigenvalue weighted by Gasteiger charge is 2.29. The van der Waals surface area contributed by atoms with Crippen LogP contribution in [0.5, 0.6) is 0 Å². The third-order valence-electron chi connectivity index (χ3n) is 3.44. The molecule has 1 rings (SSSR count). The number of likely N-dealkylation sites (tertiary alicyclic amines) is 1. The zero-order chi connectivity index (χ0) is 11.4. The molecule has 3 nitrogen and oxygen atoms in total. The fourth-order valence-corrected chi connectivity index (χ4v) is 2.39. The zero-order valence-corrected chi connectivity index (χ0v) is 10.2. The quantitative estimate of drug-likeness (QED) is 0.776. The molecule has 3 atom stereocenters. The summed E-state index contributed by atoms with van der Waals surface area (Å²) in [5.41, 5.74) is 5.82. The number of nitrogens with zero attached hydrogens (tertiary/aromatic N) is 1. The highest BCUT2D eigenvalue weighted by molar-refractivity contribution is 5.77. The first kappa shape index (κ1) is 12.5. The number of carbonyl (C=O) groups excluding carboxylic acids is 1. The number of hydrogen-bond acceptors (Lipinski definition) is 2. The molecule has 0 spiro atoms. The van der Waals surface area contributed by atoms with Crippen LogP contribution in [0.25, 0.3) is 0 Å². The van der Waals surface area contributed by atoms with Crippen molar-refractivity contribution in [1.29, 1.82) is 0 Å². The number of hydrogen-bond donors (Lipinski definition) is 1. The minimum atomic E-state index is 0.0267. The van der Waals surface area contributed by atoms with E-state index in [9.17, 15) is 4.79 Å². The smallest absolute Gasteiger partial charge is 0.224 e. The Bertz CT molecular complexity index is 208. The van der Waals surface area contributed by atoms with E-state index < -0.39 is 0 Å². The second kappa shape index (κ2) is 5.50. The van der Waals surface area contributed by atoms with Crippen molar-refractivity contribution in [3.63, 3.8) is 0 Å². The third kappa shape index (κ3) is 3.20. The van der Waals surface area contributed by atoms with Gasteiger partial charge >= 0.3 is 0 Å². The van der Waals surface area contributed by atoms with Crippen LogP contribution >= 0.6 is 0 Å². The van der Waals surface area contributed by atoms with Crippen LogP contribution in [0, 0.1) is 0 Å². The molecule has 0 aromatic carbocycles. The molecule has 1 heterocycles. The maximum Gasteiger partial charge on any atom is 0.224 e. The van der Waals surface area contributed by atoms with Crippen LogP contribution in [0.3, 0.4) is 0 Å². The predicted molar refractivity (Wildman–Crippen MR) is 62.5 cm³/mol.